The maximum absolute atomic E-state index is 12.4. The standard InChI is InChI=1S/C34H54O4/c1-21(35)37-27-14-15-32(8)25(30(27,5)6)13-16-33(9)26(32)12-11-23-24-19-29(3,4)17-18-31(24,7)28(38-22(2)36)20-34(23,33)10/h11,24-28H,12-20H2,1-10H3/t24-,25+,26-,27+,28-,31-,32+,33+,34-/m0/s1. The number of hydrogen-bond donors (Lipinski definition) is 0. The summed E-state index contributed by atoms with van der Waals surface area (Å²) in [6.45, 7) is 22.8. The molecule has 0 unspecified atom stereocenters. The molecule has 5 aliphatic carbocycles. The van der Waals surface area contributed by atoms with Gasteiger partial charge in [-0.1, -0.05) is 67.0 Å². The summed E-state index contributed by atoms with van der Waals surface area (Å²) < 4.78 is 12.2. The van der Waals surface area contributed by atoms with Gasteiger partial charge in [0.2, 0.25) is 0 Å². The fourth-order valence-corrected chi connectivity index (χ4v) is 11.3. The molecule has 0 aromatic carbocycles. The van der Waals surface area contributed by atoms with E-state index >= 15 is 0 Å². The highest BCUT2D eigenvalue weighted by molar-refractivity contribution is 5.66. The van der Waals surface area contributed by atoms with Gasteiger partial charge in [-0.2, -0.15) is 0 Å². The van der Waals surface area contributed by atoms with Gasteiger partial charge >= 0.3 is 11.9 Å². The van der Waals surface area contributed by atoms with Crippen LogP contribution in [-0.2, 0) is 19.1 Å². The Kier molecular flexibility index (Phi) is 6.38. The van der Waals surface area contributed by atoms with Gasteiger partial charge in [0.15, 0.2) is 0 Å². The molecule has 0 N–H and O–H groups in total. The fraction of sp³-hybridized carbons (Fsp3) is 0.882. The summed E-state index contributed by atoms with van der Waals surface area (Å²) in [5, 5.41) is 0. The van der Waals surface area contributed by atoms with E-state index < -0.39 is 0 Å². The first-order valence-corrected chi connectivity index (χ1v) is 15.5. The van der Waals surface area contributed by atoms with Crippen LogP contribution in [0.2, 0.25) is 0 Å². The predicted octanol–water partition coefficient (Wildman–Crippen LogP) is 8.28. The van der Waals surface area contributed by atoms with Crippen molar-refractivity contribution in [2.45, 2.75) is 139 Å². The second-order valence-corrected chi connectivity index (χ2v) is 16.5. The third-order valence-corrected chi connectivity index (χ3v) is 13.7. The van der Waals surface area contributed by atoms with Crippen LogP contribution in [0, 0.1) is 50.2 Å². The molecular formula is C34H54O4. The summed E-state index contributed by atoms with van der Waals surface area (Å²) in [5.74, 6) is 1.28. The topological polar surface area (TPSA) is 52.6 Å². The van der Waals surface area contributed by atoms with Gasteiger partial charge in [-0.05, 0) is 97.2 Å². The lowest BCUT2D eigenvalue weighted by atomic mass is 9.33. The average Bonchev–Trinajstić information content (AvgIpc) is 2.77. The first kappa shape index (κ1) is 28.2. The highest BCUT2D eigenvalue weighted by Crippen LogP contribution is 2.76. The predicted molar refractivity (Wildman–Crippen MR) is 151 cm³/mol. The molecular weight excluding hydrogens is 472 g/mol. The molecule has 0 radical (unpaired) electrons. The Morgan fingerprint density at radius 2 is 1.37 bits per heavy atom. The van der Waals surface area contributed by atoms with Crippen LogP contribution < -0.4 is 0 Å². The van der Waals surface area contributed by atoms with Gasteiger partial charge in [-0.15, -0.1) is 0 Å². The van der Waals surface area contributed by atoms with E-state index in [4.69, 9.17) is 9.47 Å². The van der Waals surface area contributed by atoms with Crippen LogP contribution in [-0.4, -0.2) is 24.1 Å². The minimum absolute atomic E-state index is 0.000849. The Morgan fingerprint density at radius 3 is 2.00 bits per heavy atom. The molecule has 0 heterocycles. The lowest BCUT2D eigenvalue weighted by molar-refractivity contribution is -0.222. The average molecular weight is 527 g/mol. The zero-order valence-electron chi connectivity index (χ0n) is 26.0. The first-order valence-electron chi connectivity index (χ1n) is 15.5. The Bertz CT molecular complexity index is 1040. The number of hydrogen-bond acceptors (Lipinski definition) is 4. The lowest BCUT2D eigenvalue weighted by Crippen LogP contribution is -2.66. The Morgan fingerprint density at radius 1 is 0.737 bits per heavy atom. The van der Waals surface area contributed by atoms with Crippen LogP contribution in [0.5, 0.6) is 0 Å². The number of allylic oxidation sites excluding steroid dienone is 2. The van der Waals surface area contributed by atoms with Crippen molar-refractivity contribution in [3.05, 3.63) is 11.6 Å². The van der Waals surface area contributed by atoms with E-state index in [1.807, 2.05) is 0 Å². The summed E-state index contributed by atoms with van der Waals surface area (Å²) in [6, 6.07) is 0. The minimum atomic E-state index is -0.151. The molecule has 4 heteroatoms. The molecule has 0 spiro atoms. The fourth-order valence-electron chi connectivity index (χ4n) is 11.3. The second-order valence-electron chi connectivity index (χ2n) is 16.5. The molecule has 4 saturated carbocycles. The van der Waals surface area contributed by atoms with Crippen LogP contribution in [0.15, 0.2) is 11.6 Å². The summed E-state index contributed by atoms with van der Waals surface area (Å²) in [7, 11) is 0. The Hall–Kier alpha value is -1.32. The van der Waals surface area contributed by atoms with Crippen molar-refractivity contribution < 1.29 is 19.1 Å². The van der Waals surface area contributed by atoms with Gasteiger partial charge in [0, 0.05) is 24.7 Å². The molecule has 214 valence electrons. The number of carbonyl (C=O) groups excluding carboxylic acids is 2. The summed E-state index contributed by atoms with van der Waals surface area (Å²) >= 11 is 0. The number of esters is 2. The highest BCUT2D eigenvalue weighted by atomic mass is 16.5. The zero-order valence-corrected chi connectivity index (χ0v) is 26.0. The Balaban J connectivity index is 1.58. The van der Waals surface area contributed by atoms with Crippen molar-refractivity contribution in [1.82, 2.24) is 0 Å². The van der Waals surface area contributed by atoms with E-state index in [1.54, 1.807) is 19.4 Å². The second kappa shape index (κ2) is 8.59. The molecule has 0 aromatic heterocycles. The van der Waals surface area contributed by atoms with Gasteiger partial charge < -0.3 is 9.47 Å². The van der Waals surface area contributed by atoms with Gasteiger partial charge in [-0.3, -0.25) is 9.59 Å². The first-order chi connectivity index (χ1) is 17.4. The van der Waals surface area contributed by atoms with Crippen molar-refractivity contribution in [1.29, 1.82) is 0 Å². The highest BCUT2D eigenvalue weighted by Gasteiger charge is 2.70. The van der Waals surface area contributed by atoms with Crippen molar-refractivity contribution in [2.24, 2.45) is 50.2 Å². The molecule has 0 saturated heterocycles. The molecule has 4 nitrogen and oxygen atoms in total. The summed E-state index contributed by atoms with van der Waals surface area (Å²) in [6.07, 6.45) is 12.7. The molecule has 0 aromatic rings. The maximum atomic E-state index is 12.4. The number of fused-ring (bicyclic) bond motifs is 7. The van der Waals surface area contributed by atoms with Crippen LogP contribution in [0.3, 0.4) is 0 Å². The zero-order chi connectivity index (χ0) is 28.1. The van der Waals surface area contributed by atoms with Crippen LogP contribution in [0.4, 0.5) is 0 Å². The molecule has 38 heavy (non-hydrogen) atoms. The Labute approximate surface area is 232 Å². The third kappa shape index (κ3) is 3.80. The normalized spacial score (nSPS) is 48.8. The molecule has 5 rings (SSSR count). The van der Waals surface area contributed by atoms with E-state index in [9.17, 15) is 9.59 Å². The van der Waals surface area contributed by atoms with Crippen LogP contribution in [0.1, 0.15) is 127 Å². The molecule has 0 amide bonds. The van der Waals surface area contributed by atoms with Crippen molar-refractivity contribution in [2.75, 3.05) is 0 Å². The van der Waals surface area contributed by atoms with Gasteiger partial charge in [0.25, 0.3) is 0 Å². The third-order valence-electron chi connectivity index (χ3n) is 13.7. The van der Waals surface area contributed by atoms with Crippen LogP contribution >= 0.6 is 0 Å². The quantitative estimate of drug-likeness (QED) is 0.268. The lowest BCUT2D eigenvalue weighted by Gasteiger charge is -2.72. The van der Waals surface area contributed by atoms with E-state index in [2.05, 4.69) is 61.5 Å². The SMILES string of the molecule is CC(=O)O[C@H]1C[C@@]2(C)C(=CC[C@H]3[C@]4(C)CC[C@@H](OC(C)=O)C(C)(C)[C@H]4CC[C@]32C)[C@@H]2CC(C)(C)CC[C@]12C. The van der Waals surface area contributed by atoms with E-state index in [0.29, 0.717) is 23.2 Å². The van der Waals surface area contributed by atoms with Crippen molar-refractivity contribution in [3.63, 3.8) is 0 Å². The number of ether oxygens (including phenoxy) is 2. The molecule has 9 atom stereocenters. The molecule has 5 aliphatic rings. The summed E-state index contributed by atoms with van der Waals surface area (Å²) in [4.78, 5) is 24.4. The van der Waals surface area contributed by atoms with Crippen molar-refractivity contribution in [3.8, 4) is 0 Å². The van der Waals surface area contributed by atoms with Gasteiger partial charge in [0.05, 0.1) is 0 Å². The van der Waals surface area contributed by atoms with E-state index in [1.165, 1.54) is 25.7 Å². The van der Waals surface area contributed by atoms with Crippen LogP contribution in [0.25, 0.3) is 0 Å². The largest absolute Gasteiger partial charge is 0.462 e. The maximum Gasteiger partial charge on any atom is 0.302 e. The monoisotopic (exact) mass is 526 g/mol. The number of carbonyl (C=O) groups is 2. The molecule has 4 fully saturated rings. The van der Waals surface area contributed by atoms with Crippen molar-refractivity contribution >= 4 is 11.9 Å². The molecule has 0 aliphatic heterocycles. The molecule has 0 bridgehead atoms. The van der Waals surface area contributed by atoms with E-state index in [-0.39, 0.29) is 51.2 Å². The van der Waals surface area contributed by atoms with Gasteiger partial charge in [0.1, 0.15) is 12.2 Å². The van der Waals surface area contributed by atoms with E-state index in [0.717, 1.165) is 32.1 Å². The number of rotatable bonds is 2. The minimum Gasteiger partial charge on any atom is -0.462 e. The smallest absolute Gasteiger partial charge is 0.302 e. The summed E-state index contributed by atoms with van der Waals surface area (Å²) in [5.41, 5.74) is 2.33. The van der Waals surface area contributed by atoms with Gasteiger partial charge in [-0.25, -0.2) is 0 Å².